The summed E-state index contributed by atoms with van der Waals surface area (Å²) in [6.45, 7) is 5.16. The zero-order valence-corrected chi connectivity index (χ0v) is 16.9. The molecule has 2 aromatic carbocycles. The van der Waals surface area contributed by atoms with Gasteiger partial charge in [-0.2, -0.15) is 0 Å². The van der Waals surface area contributed by atoms with Crippen molar-refractivity contribution in [3.05, 3.63) is 71.0 Å². The third-order valence-electron chi connectivity index (χ3n) is 5.98. The minimum atomic E-state index is -1.21. The summed E-state index contributed by atoms with van der Waals surface area (Å²) < 4.78 is 1.91. The monoisotopic (exact) mass is 389 g/mol. The Morgan fingerprint density at radius 1 is 1.03 bits per heavy atom. The van der Waals surface area contributed by atoms with Crippen molar-refractivity contribution in [2.75, 3.05) is 6.54 Å². The third kappa shape index (κ3) is 2.92. The number of carbonyl (C=O) groups is 3. The Balaban J connectivity index is 1.63. The van der Waals surface area contributed by atoms with Gasteiger partial charge in [-0.25, -0.2) is 4.79 Å². The predicted molar refractivity (Wildman–Crippen MR) is 111 cm³/mol. The molecule has 6 nitrogen and oxygen atoms in total. The third-order valence-corrected chi connectivity index (χ3v) is 5.98. The number of nitrogens with zero attached hydrogens (tertiary/aromatic N) is 2. The van der Waals surface area contributed by atoms with E-state index in [1.54, 1.807) is 13.0 Å². The first kappa shape index (κ1) is 18.9. The van der Waals surface area contributed by atoms with Gasteiger partial charge in [0, 0.05) is 24.0 Å². The number of urea groups is 1. The topological polar surface area (TPSA) is 71.4 Å². The van der Waals surface area contributed by atoms with Crippen LogP contribution in [0.3, 0.4) is 0 Å². The Kier molecular flexibility index (Phi) is 4.30. The van der Waals surface area contributed by atoms with Crippen LogP contribution in [0.15, 0.2) is 48.5 Å². The van der Waals surface area contributed by atoms with Crippen LogP contribution in [0.1, 0.15) is 34.2 Å². The number of carbonyl (C=O) groups excluding carboxylic acids is 3. The van der Waals surface area contributed by atoms with E-state index in [1.165, 1.54) is 0 Å². The molecule has 2 heterocycles. The average Bonchev–Trinajstić information content (AvgIpc) is 3.09. The molecule has 1 atom stereocenters. The van der Waals surface area contributed by atoms with Crippen LogP contribution >= 0.6 is 0 Å². The van der Waals surface area contributed by atoms with E-state index in [9.17, 15) is 14.4 Å². The van der Waals surface area contributed by atoms with E-state index < -0.39 is 17.5 Å². The van der Waals surface area contributed by atoms with Crippen LogP contribution in [-0.4, -0.2) is 33.7 Å². The number of ketones is 1. The van der Waals surface area contributed by atoms with Gasteiger partial charge in [-0.1, -0.05) is 36.4 Å². The summed E-state index contributed by atoms with van der Waals surface area (Å²) in [6.07, 6.45) is 0. The van der Waals surface area contributed by atoms with Crippen LogP contribution < -0.4 is 5.32 Å². The first-order chi connectivity index (χ1) is 13.7. The standard InChI is InChI=1S/C23H23N3O3/c1-14-11-19(15(2)25(14)4)20(27)13-26-21(28)23(3,24-22(26)29)18-10-9-16-7-5-6-8-17(16)12-18/h5-12H,13H2,1-4H3,(H,24,29)/t23-/m0/s1. The molecule has 148 valence electrons. The minimum absolute atomic E-state index is 0.252. The number of Topliss-reactive ketones (excluding diaryl/α,β-unsaturated/α-hetero) is 1. The van der Waals surface area contributed by atoms with Crippen LogP contribution in [0.5, 0.6) is 0 Å². The van der Waals surface area contributed by atoms with Crippen LogP contribution in [0.4, 0.5) is 4.79 Å². The lowest BCUT2D eigenvalue weighted by Gasteiger charge is -2.22. The summed E-state index contributed by atoms with van der Waals surface area (Å²) in [5.74, 6) is -0.672. The lowest BCUT2D eigenvalue weighted by Crippen LogP contribution is -2.41. The largest absolute Gasteiger partial charge is 0.351 e. The van der Waals surface area contributed by atoms with Crippen molar-refractivity contribution >= 4 is 28.5 Å². The molecule has 1 fully saturated rings. The molecular formula is C23H23N3O3. The van der Waals surface area contributed by atoms with E-state index >= 15 is 0 Å². The molecule has 4 rings (SSSR count). The van der Waals surface area contributed by atoms with Crippen LogP contribution in [-0.2, 0) is 17.4 Å². The predicted octanol–water partition coefficient (Wildman–Crippen LogP) is 3.45. The highest BCUT2D eigenvalue weighted by molar-refractivity contribution is 6.11. The average molecular weight is 389 g/mol. The summed E-state index contributed by atoms with van der Waals surface area (Å²) >= 11 is 0. The smallest absolute Gasteiger partial charge is 0.325 e. The van der Waals surface area contributed by atoms with Crippen molar-refractivity contribution in [3.63, 3.8) is 0 Å². The highest BCUT2D eigenvalue weighted by Crippen LogP contribution is 2.31. The second-order valence-electron chi connectivity index (χ2n) is 7.78. The zero-order chi connectivity index (χ0) is 20.9. The number of rotatable bonds is 4. The number of imide groups is 1. The highest BCUT2D eigenvalue weighted by atomic mass is 16.2. The minimum Gasteiger partial charge on any atom is -0.351 e. The van der Waals surface area contributed by atoms with E-state index in [0.29, 0.717) is 11.1 Å². The molecule has 3 amide bonds. The van der Waals surface area contributed by atoms with E-state index in [2.05, 4.69) is 5.32 Å². The fraction of sp³-hybridized carbons (Fsp3) is 0.261. The van der Waals surface area contributed by atoms with Gasteiger partial charge in [0.2, 0.25) is 0 Å². The normalized spacial score (nSPS) is 19.1. The Hall–Kier alpha value is -3.41. The molecule has 0 aliphatic carbocycles. The highest BCUT2D eigenvalue weighted by Gasteiger charge is 2.49. The molecule has 1 aliphatic heterocycles. The number of hydrogen-bond acceptors (Lipinski definition) is 3. The Morgan fingerprint density at radius 2 is 1.72 bits per heavy atom. The van der Waals surface area contributed by atoms with Gasteiger partial charge in [0.25, 0.3) is 5.91 Å². The summed E-state index contributed by atoms with van der Waals surface area (Å²) in [5, 5.41) is 4.82. The Bertz CT molecular complexity index is 1180. The van der Waals surface area contributed by atoms with Crippen LogP contribution in [0.2, 0.25) is 0 Å². The molecule has 3 aromatic rings. The molecule has 6 heteroatoms. The van der Waals surface area contributed by atoms with Crippen LogP contribution in [0, 0.1) is 13.8 Å². The number of hydrogen-bond donors (Lipinski definition) is 1. The van der Waals surface area contributed by atoms with E-state index in [1.807, 2.05) is 67.9 Å². The van der Waals surface area contributed by atoms with Gasteiger partial charge in [-0.15, -0.1) is 0 Å². The van der Waals surface area contributed by atoms with Crippen molar-refractivity contribution in [1.29, 1.82) is 0 Å². The number of benzene rings is 2. The molecule has 0 radical (unpaired) electrons. The molecule has 29 heavy (non-hydrogen) atoms. The molecule has 1 aliphatic rings. The van der Waals surface area contributed by atoms with Crippen molar-refractivity contribution in [1.82, 2.24) is 14.8 Å². The molecule has 1 N–H and O–H groups in total. The number of amides is 3. The molecule has 1 aromatic heterocycles. The van der Waals surface area contributed by atoms with E-state index in [0.717, 1.165) is 27.1 Å². The van der Waals surface area contributed by atoms with Gasteiger partial charge in [0.05, 0.1) is 6.54 Å². The van der Waals surface area contributed by atoms with E-state index in [-0.39, 0.29) is 12.3 Å². The summed E-state index contributed by atoms with van der Waals surface area (Å²) in [4.78, 5) is 39.6. The van der Waals surface area contributed by atoms with Gasteiger partial charge in [0.15, 0.2) is 5.78 Å². The van der Waals surface area contributed by atoms with Crippen molar-refractivity contribution < 1.29 is 14.4 Å². The number of aryl methyl sites for hydroxylation is 1. The maximum atomic E-state index is 13.2. The van der Waals surface area contributed by atoms with Gasteiger partial charge in [-0.3, -0.25) is 14.5 Å². The zero-order valence-electron chi connectivity index (χ0n) is 16.9. The SMILES string of the molecule is Cc1cc(C(=O)CN2C(=O)N[C@@](C)(c3ccc4ccccc4c3)C2=O)c(C)n1C. The molecule has 0 saturated carbocycles. The molecule has 0 bridgehead atoms. The first-order valence-corrected chi connectivity index (χ1v) is 9.52. The second-order valence-corrected chi connectivity index (χ2v) is 7.78. The number of fused-ring (bicyclic) bond motifs is 1. The number of aromatic nitrogens is 1. The molecular weight excluding hydrogens is 366 g/mol. The maximum absolute atomic E-state index is 13.2. The van der Waals surface area contributed by atoms with Crippen molar-refractivity contribution in [2.45, 2.75) is 26.3 Å². The summed E-state index contributed by atoms with van der Waals surface area (Å²) in [7, 11) is 1.88. The van der Waals surface area contributed by atoms with E-state index in [4.69, 9.17) is 0 Å². The number of nitrogens with one attached hydrogen (secondary N) is 1. The molecule has 1 saturated heterocycles. The van der Waals surface area contributed by atoms with Gasteiger partial charge >= 0.3 is 6.03 Å². The lowest BCUT2D eigenvalue weighted by molar-refractivity contribution is -0.130. The molecule has 0 spiro atoms. The van der Waals surface area contributed by atoms with Gasteiger partial charge in [-0.05, 0) is 49.2 Å². The van der Waals surface area contributed by atoms with Crippen LogP contribution in [0.25, 0.3) is 10.8 Å². The van der Waals surface area contributed by atoms with Crippen molar-refractivity contribution in [2.24, 2.45) is 7.05 Å². The molecule has 0 unspecified atom stereocenters. The summed E-state index contributed by atoms with van der Waals surface area (Å²) in [5.41, 5.74) is 1.78. The van der Waals surface area contributed by atoms with Gasteiger partial charge in [0.1, 0.15) is 5.54 Å². The van der Waals surface area contributed by atoms with Crippen molar-refractivity contribution in [3.8, 4) is 0 Å². The van der Waals surface area contributed by atoms with Gasteiger partial charge < -0.3 is 9.88 Å². The Labute approximate surface area is 169 Å². The first-order valence-electron chi connectivity index (χ1n) is 9.52. The quantitative estimate of drug-likeness (QED) is 0.549. The fourth-order valence-corrected chi connectivity index (χ4v) is 3.90. The summed E-state index contributed by atoms with van der Waals surface area (Å²) in [6, 6.07) is 14.8. The fourth-order valence-electron chi connectivity index (χ4n) is 3.90. The maximum Gasteiger partial charge on any atom is 0.325 e. The second kappa shape index (κ2) is 6.58. The Morgan fingerprint density at radius 3 is 2.38 bits per heavy atom. The lowest BCUT2D eigenvalue weighted by atomic mass is 9.90.